The zero-order chi connectivity index (χ0) is 18.7. The van der Waals surface area contributed by atoms with Gasteiger partial charge in [-0.2, -0.15) is 0 Å². The molecule has 0 spiro atoms. The molecule has 1 aromatic carbocycles. The summed E-state index contributed by atoms with van der Waals surface area (Å²) in [5, 5.41) is 2.83. The van der Waals surface area contributed by atoms with Crippen LogP contribution in [-0.4, -0.2) is 35.2 Å². The molecule has 3 rings (SSSR count). The molecule has 2 heterocycles. The Kier molecular flexibility index (Phi) is 5.30. The zero-order valence-electron chi connectivity index (χ0n) is 15.5. The van der Waals surface area contributed by atoms with Crippen molar-refractivity contribution >= 4 is 11.7 Å². The summed E-state index contributed by atoms with van der Waals surface area (Å²) in [4.78, 5) is 27.0. The molecule has 0 saturated carbocycles. The number of nitrogens with one attached hydrogen (secondary N) is 1. The van der Waals surface area contributed by atoms with Gasteiger partial charge in [-0.05, 0) is 49.4 Å². The Morgan fingerprint density at radius 1 is 1.31 bits per heavy atom. The van der Waals surface area contributed by atoms with Gasteiger partial charge in [0, 0.05) is 25.8 Å². The maximum atomic E-state index is 12.8. The molecule has 1 aromatic heterocycles. The van der Waals surface area contributed by atoms with Crippen LogP contribution in [0.4, 0.5) is 10.5 Å². The summed E-state index contributed by atoms with van der Waals surface area (Å²) in [6, 6.07) is 9.60. The number of para-hydroxylation sites is 1. The van der Waals surface area contributed by atoms with Gasteiger partial charge in [0.05, 0.1) is 7.11 Å². The molecule has 26 heavy (non-hydrogen) atoms. The molecular formula is C20H25N3O3. The third-order valence-electron chi connectivity index (χ3n) is 4.99. The summed E-state index contributed by atoms with van der Waals surface area (Å²) in [6.45, 7) is 2.52. The quantitative estimate of drug-likeness (QED) is 0.917. The Labute approximate surface area is 153 Å². The number of amides is 2. The third kappa shape index (κ3) is 3.59. The molecular weight excluding hydrogens is 330 g/mol. The molecule has 6 heteroatoms. The van der Waals surface area contributed by atoms with Crippen LogP contribution in [0.2, 0.25) is 0 Å². The van der Waals surface area contributed by atoms with Crippen LogP contribution in [0.1, 0.15) is 24.0 Å². The third-order valence-corrected chi connectivity index (χ3v) is 4.99. The minimum Gasteiger partial charge on any atom is -0.496 e. The van der Waals surface area contributed by atoms with E-state index in [0.29, 0.717) is 12.2 Å². The summed E-state index contributed by atoms with van der Waals surface area (Å²) in [5.74, 6) is 0.840. The Hall–Kier alpha value is -2.76. The second kappa shape index (κ2) is 7.64. The number of urea groups is 1. The van der Waals surface area contributed by atoms with Crippen LogP contribution in [-0.2, 0) is 13.5 Å². The average molecular weight is 355 g/mol. The van der Waals surface area contributed by atoms with Crippen LogP contribution in [0.25, 0.3) is 0 Å². The smallest absolute Gasteiger partial charge is 0.322 e. The second-order valence-corrected chi connectivity index (χ2v) is 6.73. The van der Waals surface area contributed by atoms with Gasteiger partial charge in [0.15, 0.2) is 0 Å². The number of carbonyl (C=O) groups excluding carboxylic acids is 1. The number of rotatable bonds is 4. The van der Waals surface area contributed by atoms with E-state index in [-0.39, 0.29) is 17.6 Å². The van der Waals surface area contributed by atoms with E-state index in [2.05, 4.69) is 5.32 Å². The SMILES string of the molecule is COc1ccccc1CC1CCCN1C(=O)Nc1c(C)ccn(C)c1=O. The molecule has 0 radical (unpaired) electrons. The Morgan fingerprint density at radius 2 is 2.08 bits per heavy atom. The minimum absolute atomic E-state index is 0.0965. The van der Waals surface area contributed by atoms with Crippen molar-refractivity contribution in [1.29, 1.82) is 0 Å². The van der Waals surface area contributed by atoms with E-state index in [1.165, 1.54) is 4.57 Å². The van der Waals surface area contributed by atoms with E-state index >= 15 is 0 Å². The highest BCUT2D eigenvalue weighted by molar-refractivity contribution is 5.90. The van der Waals surface area contributed by atoms with Crippen LogP contribution in [0.5, 0.6) is 5.75 Å². The van der Waals surface area contributed by atoms with Crippen molar-refractivity contribution in [2.45, 2.75) is 32.2 Å². The minimum atomic E-state index is -0.214. The molecule has 1 aliphatic heterocycles. The largest absolute Gasteiger partial charge is 0.496 e. The summed E-state index contributed by atoms with van der Waals surface area (Å²) in [5.41, 5.74) is 2.01. The van der Waals surface area contributed by atoms with Crippen LogP contribution < -0.4 is 15.6 Å². The molecule has 1 aliphatic rings. The van der Waals surface area contributed by atoms with Gasteiger partial charge < -0.3 is 19.5 Å². The summed E-state index contributed by atoms with van der Waals surface area (Å²) in [7, 11) is 3.34. The predicted octanol–water partition coefficient (Wildman–Crippen LogP) is 2.94. The molecule has 0 bridgehead atoms. The first-order valence-electron chi connectivity index (χ1n) is 8.87. The van der Waals surface area contributed by atoms with E-state index < -0.39 is 0 Å². The number of methoxy groups -OCH3 is 1. The van der Waals surface area contributed by atoms with Gasteiger partial charge >= 0.3 is 6.03 Å². The lowest BCUT2D eigenvalue weighted by Crippen LogP contribution is -2.41. The number of aromatic nitrogens is 1. The lowest BCUT2D eigenvalue weighted by atomic mass is 10.0. The monoisotopic (exact) mass is 355 g/mol. The number of aryl methyl sites for hydroxylation is 2. The Bertz CT molecular complexity index is 860. The van der Waals surface area contributed by atoms with Crippen molar-refractivity contribution in [2.75, 3.05) is 19.0 Å². The standard InChI is InChI=1S/C20H25N3O3/c1-14-10-12-22(2)19(24)18(14)21-20(25)23-11-6-8-16(23)13-15-7-4-5-9-17(15)26-3/h4-5,7,9-10,12,16H,6,8,11,13H2,1-3H3,(H,21,25). The van der Waals surface area contributed by atoms with Crippen molar-refractivity contribution in [1.82, 2.24) is 9.47 Å². The number of ether oxygens (including phenoxy) is 1. The zero-order valence-corrected chi connectivity index (χ0v) is 15.5. The Morgan fingerprint density at radius 3 is 2.85 bits per heavy atom. The van der Waals surface area contributed by atoms with Crippen molar-refractivity contribution in [3.05, 3.63) is 58.0 Å². The van der Waals surface area contributed by atoms with Crippen LogP contribution in [0.3, 0.4) is 0 Å². The highest BCUT2D eigenvalue weighted by Crippen LogP contribution is 2.26. The molecule has 1 fully saturated rings. The van der Waals surface area contributed by atoms with Crippen LogP contribution >= 0.6 is 0 Å². The molecule has 2 amide bonds. The van der Waals surface area contributed by atoms with Crippen LogP contribution in [0.15, 0.2) is 41.3 Å². The lowest BCUT2D eigenvalue weighted by Gasteiger charge is -2.26. The van der Waals surface area contributed by atoms with E-state index in [4.69, 9.17) is 4.74 Å². The molecule has 6 nitrogen and oxygen atoms in total. The fraction of sp³-hybridized carbons (Fsp3) is 0.400. The molecule has 138 valence electrons. The van der Waals surface area contributed by atoms with Crippen molar-refractivity contribution in [3.63, 3.8) is 0 Å². The fourth-order valence-electron chi connectivity index (χ4n) is 3.49. The summed E-state index contributed by atoms with van der Waals surface area (Å²) >= 11 is 0. The number of hydrogen-bond acceptors (Lipinski definition) is 3. The van der Waals surface area contributed by atoms with Gasteiger partial charge in [-0.15, -0.1) is 0 Å². The van der Waals surface area contributed by atoms with Gasteiger partial charge in [0.2, 0.25) is 0 Å². The first-order valence-corrected chi connectivity index (χ1v) is 8.87. The number of anilines is 1. The van der Waals surface area contributed by atoms with Gasteiger partial charge in [0.1, 0.15) is 11.4 Å². The number of benzene rings is 1. The van der Waals surface area contributed by atoms with E-state index in [1.807, 2.05) is 42.2 Å². The summed E-state index contributed by atoms with van der Waals surface area (Å²) < 4.78 is 6.90. The van der Waals surface area contributed by atoms with Gasteiger partial charge in [0.25, 0.3) is 5.56 Å². The lowest BCUT2D eigenvalue weighted by molar-refractivity contribution is 0.206. The number of nitrogens with zero attached hydrogens (tertiary/aromatic N) is 2. The average Bonchev–Trinajstić information content (AvgIpc) is 3.10. The molecule has 1 N–H and O–H groups in total. The maximum Gasteiger partial charge on any atom is 0.322 e. The molecule has 1 unspecified atom stereocenters. The van der Waals surface area contributed by atoms with Crippen molar-refractivity contribution in [2.24, 2.45) is 7.05 Å². The predicted molar refractivity (Wildman–Crippen MR) is 102 cm³/mol. The van der Waals surface area contributed by atoms with Gasteiger partial charge in [-0.25, -0.2) is 4.79 Å². The van der Waals surface area contributed by atoms with Crippen LogP contribution in [0, 0.1) is 6.92 Å². The number of carbonyl (C=O) groups is 1. The molecule has 2 aromatic rings. The second-order valence-electron chi connectivity index (χ2n) is 6.73. The maximum absolute atomic E-state index is 12.8. The fourth-order valence-corrected chi connectivity index (χ4v) is 3.49. The first kappa shape index (κ1) is 18.0. The highest BCUT2D eigenvalue weighted by Gasteiger charge is 2.30. The normalized spacial score (nSPS) is 16.6. The van der Waals surface area contributed by atoms with E-state index in [9.17, 15) is 9.59 Å². The Balaban J connectivity index is 1.77. The highest BCUT2D eigenvalue weighted by atomic mass is 16.5. The molecule has 1 saturated heterocycles. The molecule has 0 aliphatic carbocycles. The van der Waals surface area contributed by atoms with Gasteiger partial charge in [-0.1, -0.05) is 18.2 Å². The van der Waals surface area contributed by atoms with Crippen molar-refractivity contribution < 1.29 is 9.53 Å². The van der Waals surface area contributed by atoms with Crippen molar-refractivity contribution in [3.8, 4) is 5.75 Å². The number of hydrogen-bond donors (Lipinski definition) is 1. The van der Waals surface area contributed by atoms with E-state index in [0.717, 1.165) is 36.1 Å². The first-order chi connectivity index (χ1) is 12.5. The van der Waals surface area contributed by atoms with Gasteiger partial charge in [-0.3, -0.25) is 4.79 Å². The molecule has 1 atom stereocenters. The summed E-state index contributed by atoms with van der Waals surface area (Å²) in [6.07, 6.45) is 4.34. The number of likely N-dealkylation sites (tertiary alicyclic amines) is 1. The topological polar surface area (TPSA) is 63.6 Å². The van der Waals surface area contributed by atoms with E-state index in [1.54, 1.807) is 20.4 Å². The number of pyridine rings is 1.